The van der Waals surface area contributed by atoms with Gasteiger partial charge in [-0.25, -0.2) is 17.5 Å². The predicted octanol–water partition coefficient (Wildman–Crippen LogP) is 1.14. The van der Waals surface area contributed by atoms with Crippen LogP contribution in [-0.2, 0) is 23.1 Å². The molecule has 2 aromatic rings. The first-order valence-electron chi connectivity index (χ1n) is 6.49. The molecule has 0 amide bonds. The second-order valence-corrected chi connectivity index (χ2v) is 6.23. The van der Waals surface area contributed by atoms with Crippen molar-refractivity contribution in [2.24, 2.45) is 0 Å². The van der Waals surface area contributed by atoms with Gasteiger partial charge in [-0.3, -0.25) is 5.10 Å². The molecule has 0 spiro atoms. The molecule has 0 saturated heterocycles. The smallest absolute Gasteiger partial charge is 0.240 e. The van der Waals surface area contributed by atoms with Gasteiger partial charge in [0.1, 0.15) is 5.82 Å². The van der Waals surface area contributed by atoms with Crippen molar-refractivity contribution in [3.8, 4) is 0 Å². The van der Waals surface area contributed by atoms with E-state index in [1.807, 2.05) is 6.92 Å². The summed E-state index contributed by atoms with van der Waals surface area (Å²) in [5.41, 5.74) is 1.04. The molecule has 114 valence electrons. The second-order valence-electron chi connectivity index (χ2n) is 4.46. The van der Waals surface area contributed by atoms with Crippen LogP contribution in [-0.4, -0.2) is 25.2 Å². The van der Waals surface area contributed by atoms with Crippen LogP contribution < -0.4 is 10.0 Å². The van der Waals surface area contributed by atoms with E-state index in [-0.39, 0.29) is 18.0 Å². The molecule has 0 aliphatic carbocycles. The summed E-state index contributed by atoms with van der Waals surface area (Å²) in [5.74, 6) is -0.426. The van der Waals surface area contributed by atoms with Gasteiger partial charge in [0.05, 0.1) is 11.1 Å². The lowest BCUT2D eigenvalue weighted by Gasteiger charge is -2.09. The maximum atomic E-state index is 13.6. The van der Waals surface area contributed by atoms with E-state index in [0.29, 0.717) is 17.7 Å². The molecule has 1 aromatic heterocycles. The summed E-state index contributed by atoms with van der Waals surface area (Å²) in [6.07, 6.45) is 3.13. The van der Waals surface area contributed by atoms with E-state index in [1.165, 1.54) is 24.4 Å². The van der Waals surface area contributed by atoms with Crippen molar-refractivity contribution in [1.82, 2.24) is 20.2 Å². The minimum atomic E-state index is -3.69. The zero-order valence-electron chi connectivity index (χ0n) is 11.6. The molecule has 0 saturated carbocycles. The third-order valence-corrected chi connectivity index (χ3v) is 4.31. The van der Waals surface area contributed by atoms with Gasteiger partial charge in [-0.15, -0.1) is 0 Å². The van der Waals surface area contributed by atoms with Gasteiger partial charge in [0.25, 0.3) is 0 Å². The number of hydrogen-bond acceptors (Lipinski definition) is 4. The van der Waals surface area contributed by atoms with E-state index in [9.17, 15) is 12.8 Å². The highest BCUT2D eigenvalue weighted by molar-refractivity contribution is 7.89. The van der Waals surface area contributed by atoms with Crippen LogP contribution in [0.3, 0.4) is 0 Å². The number of benzene rings is 1. The molecule has 0 aliphatic heterocycles. The van der Waals surface area contributed by atoms with E-state index in [1.54, 1.807) is 6.20 Å². The quantitative estimate of drug-likeness (QED) is 0.715. The Hall–Kier alpha value is -1.77. The third-order valence-electron chi connectivity index (χ3n) is 2.91. The Bertz CT molecular complexity index is 686. The summed E-state index contributed by atoms with van der Waals surface area (Å²) < 4.78 is 40.4. The molecule has 0 fully saturated rings. The SMILES string of the molecule is CCNCc1cc(S(=O)(=O)NCc2cn[nH]c2)ccc1F. The maximum Gasteiger partial charge on any atom is 0.240 e. The van der Waals surface area contributed by atoms with Crippen LogP contribution >= 0.6 is 0 Å². The van der Waals surface area contributed by atoms with E-state index in [4.69, 9.17) is 0 Å². The Morgan fingerprint density at radius 3 is 2.81 bits per heavy atom. The molecule has 2 rings (SSSR count). The van der Waals surface area contributed by atoms with Crippen molar-refractivity contribution in [2.75, 3.05) is 6.54 Å². The Morgan fingerprint density at radius 2 is 2.14 bits per heavy atom. The monoisotopic (exact) mass is 312 g/mol. The minimum absolute atomic E-state index is 0.0419. The van der Waals surface area contributed by atoms with Crippen molar-refractivity contribution in [3.63, 3.8) is 0 Å². The summed E-state index contributed by atoms with van der Waals surface area (Å²) in [5, 5.41) is 9.31. The first-order valence-corrected chi connectivity index (χ1v) is 7.97. The van der Waals surface area contributed by atoms with Crippen molar-refractivity contribution >= 4 is 10.0 Å². The summed E-state index contributed by atoms with van der Waals surface area (Å²) in [4.78, 5) is 0.0419. The van der Waals surface area contributed by atoms with Crippen LogP contribution in [0.2, 0.25) is 0 Å². The number of hydrogen-bond donors (Lipinski definition) is 3. The van der Waals surface area contributed by atoms with Crippen LogP contribution in [0, 0.1) is 5.82 Å². The van der Waals surface area contributed by atoms with Gasteiger partial charge < -0.3 is 5.32 Å². The van der Waals surface area contributed by atoms with Gasteiger partial charge in [-0.1, -0.05) is 6.92 Å². The van der Waals surface area contributed by atoms with Crippen molar-refractivity contribution in [1.29, 1.82) is 0 Å². The van der Waals surface area contributed by atoms with E-state index >= 15 is 0 Å². The zero-order valence-corrected chi connectivity index (χ0v) is 12.4. The Balaban J connectivity index is 2.15. The standard InChI is InChI=1S/C13H17FN4O2S/c1-2-15-9-11-5-12(3-4-13(11)14)21(19,20)18-8-10-6-16-17-7-10/h3-7,15,18H,2,8-9H2,1H3,(H,16,17). The summed E-state index contributed by atoms with van der Waals surface area (Å²) >= 11 is 0. The minimum Gasteiger partial charge on any atom is -0.313 e. The molecule has 3 N–H and O–H groups in total. The van der Waals surface area contributed by atoms with Crippen LogP contribution in [0.15, 0.2) is 35.5 Å². The summed E-state index contributed by atoms with van der Waals surface area (Å²) in [6, 6.07) is 3.76. The fourth-order valence-electron chi connectivity index (χ4n) is 1.75. The fraction of sp³-hybridized carbons (Fsp3) is 0.308. The molecule has 1 aromatic carbocycles. The highest BCUT2D eigenvalue weighted by atomic mass is 32.2. The number of nitrogens with one attached hydrogen (secondary N) is 3. The average Bonchev–Trinajstić information content (AvgIpc) is 2.97. The Kier molecular flexibility index (Phi) is 5.05. The number of H-pyrrole nitrogens is 1. The topological polar surface area (TPSA) is 86.9 Å². The molecular formula is C13H17FN4O2S. The van der Waals surface area contributed by atoms with Gasteiger partial charge >= 0.3 is 0 Å². The molecule has 0 unspecified atom stereocenters. The summed E-state index contributed by atoms with van der Waals surface area (Å²) in [7, 11) is -3.69. The second kappa shape index (κ2) is 6.79. The van der Waals surface area contributed by atoms with E-state index < -0.39 is 15.8 Å². The first kappa shape index (κ1) is 15.6. The first-order chi connectivity index (χ1) is 10.0. The van der Waals surface area contributed by atoms with Gasteiger partial charge in [0, 0.05) is 30.4 Å². The molecule has 0 bridgehead atoms. The van der Waals surface area contributed by atoms with Gasteiger partial charge in [0.15, 0.2) is 0 Å². The number of aromatic nitrogens is 2. The van der Waals surface area contributed by atoms with Gasteiger partial charge in [-0.2, -0.15) is 5.10 Å². The Labute approximate surface area is 122 Å². The van der Waals surface area contributed by atoms with E-state index in [2.05, 4.69) is 20.2 Å². The molecule has 0 aliphatic rings. The molecular weight excluding hydrogens is 295 g/mol. The number of aromatic amines is 1. The number of halogens is 1. The number of nitrogens with zero attached hydrogens (tertiary/aromatic N) is 1. The normalized spacial score (nSPS) is 11.7. The Morgan fingerprint density at radius 1 is 1.33 bits per heavy atom. The highest BCUT2D eigenvalue weighted by Gasteiger charge is 2.16. The number of sulfonamides is 1. The molecule has 0 atom stereocenters. The van der Waals surface area contributed by atoms with Crippen molar-refractivity contribution in [3.05, 3.63) is 47.5 Å². The number of rotatable bonds is 7. The lowest BCUT2D eigenvalue weighted by molar-refractivity contribution is 0.576. The van der Waals surface area contributed by atoms with Crippen molar-refractivity contribution < 1.29 is 12.8 Å². The molecule has 8 heteroatoms. The highest BCUT2D eigenvalue weighted by Crippen LogP contribution is 2.15. The average molecular weight is 312 g/mol. The van der Waals surface area contributed by atoms with Crippen LogP contribution in [0.5, 0.6) is 0 Å². The summed E-state index contributed by atoms with van der Waals surface area (Å²) in [6.45, 7) is 2.98. The predicted molar refractivity (Wildman–Crippen MR) is 76.4 cm³/mol. The van der Waals surface area contributed by atoms with Crippen LogP contribution in [0.1, 0.15) is 18.1 Å². The van der Waals surface area contributed by atoms with Crippen LogP contribution in [0.25, 0.3) is 0 Å². The molecule has 6 nitrogen and oxygen atoms in total. The third kappa shape index (κ3) is 4.10. The molecule has 21 heavy (non-hydrogen) atoms. The zero-order chi connectivity index (χ0) is 15.3. The van der Waals surface area contributed by atoms with E-state index in [0.717, 1.165) is 0 Å². The lowest BCUT2D eigenvalue weighted by atomic mass is 10.2. The molecule has 1 heterocycles. The fourth-order valence-corrected chi connectivity index (χ4v) is 2.82. The van der Waals surface area contributed by atoms with Gasteiger partial charge in [0.2, 0.25) is 10.0 Å². The lowest BCUT2D eigenvalue weighted by Crippen LogP contribution is -2.23. The van der Waals surface area contributed by atoms with Crippen molar-refractivity contribution in [2.45, 2.75) is 24.9 Å². The largest absolute Gasteiger partial charge is 0.313 e. The molecule has 0 radical (unpaired) electrons. The van der Waals surface area contributed by atoms with Gasteiger partial charge in [-0.05, 0) is 24.7 Å². The van der Waals surface area contributed by atoms with Crippen LogP contribution in [0.4, 0.5) is 4.39 Å². The maximum absolute atomic E-state index is 13.6.